The standard InChI is InChI=1S/C26H23N3O3/c30-24(15-14-19-8-3-1-4-9-19)29-17-23(18-29)31-22-13-7-12-21(16-22)26-27-25(28-32-26)20-10-5-2-6-11-20/h1-13,16,23H,14-15,17-18H2. The molecule has 0 radical (unpaired) electrons. The molecular formula is C26H23N3O3. The number of ether oxygens (including phenoxy) is 1. The summed E-state index contributed by atoms with van der Waals surface area (Å²) in [5.41, 5.74) is 2.89. The molecule has 1 aliphatic rings. The number of hydrogen-bond acceptors (Lipinski definition) is 5. The summed E-state index contributed by atoms with van der Waals surface area (Å²) in [6.45, 7) is 1.22. The lowest BCUT2D eigenvalue weighted by molar-refractivity contribution is -0.139. The first kappa shape index (κ1) is 20.0. The highest BCUT2D eigenvalue weighted by molar-refractivity contribution is 5.77. The van der Waals surface area contributed by atoms with Gasteiger partial charge in [0.25, 0.3) is 5.89 Å². The molecule has 0 spiro atoms. The lowest BCUT2D eigenvalue weighted by atomic mass is 10.1. The summed E-state index contributed by atoms with van der Waals surface area (Å²) in [5, 5.41) is 4.08. The van der Waals surface area contributed by atoms with Crippen LogP contribution in [0.4, 0.5) is 0 Å². The summed E-state index contributed by atoms with van der Waals surface area (Å²) >= 11 is 0. The van der Waals surface area contributed by atoms with E-state index in [-0.39, 0.29) is 12.0 Å². The second kappa shape index (κ2) is 9.06. The second-order valence-corrected chi connectivity index (χ2v) is 7.84. The monoisotopic (exact) mass is 425 g/mol. The Morgan fingerprint density at radius 1 is 0.938 bits per heavy atom. The van der Waals surface area contributed by atoms with Crippen molar-refractivity contribution in [1.82, 2.24) is 15.0 Å². The van der Waals surface area contributed by atoms with Crippen LogP contribution in [0.5, 0.6) is 5.75 Å². The smallest absolute Gasteiger partial charge is 0.258 e. The molecule has 6 nitrogen and oxygen atoms in total. The van der Waals surface area contributed by atoms with Crippen molar-refractivity contribution in [2.45, 2.75) is 18.9 Å². The quantitative estimate of drug-likeness (QED) is 0.432. The summed E-state index contributed by atoms with van der Waals surface area (Å²) in [5.74, 6) is 1.89. The Morgan fingerprint density at radius 3 is 2.44 bits per heavy atom. The Labute approximate surface area is 186 Å². The van der Waals surface area contributed by atoms with Crippen molar-refractivity contribution in [1.29, 1.82) is 0 Å². The molecule has 4 aromatic rings. The van der Waals surface area contributed by atoms with Gasteiger partial charge in [-0.25, -0.2) is 0 Å². The molecule has 160 valence electrons. The van der Waals surface area contributed by atoms with Crippen LogP contribution in [-0.4, -0.2) is 40.1 Å². The van der Waals surface area contributed by atoms with Crippen molar-refractivity contribution in [3.63, 3.8) is 0 Å². The van der Waals surface area contributed by atoms with Gasteiger partial charge in [0.1, 0.15) is 11.9 Å². The minimum Gasteiger partial charge on any atom is -0.487 e. The third-order valence-electron chi connectivity index (χ3n) is 5.51. The molecule has 3 aromatic carbocycles. The molecule has 5 rings (SSSR count). The van der Waals surface area contributed by atoms with E-state index >= 15 is 0 Å². The van der Waals surface area contributed by atoms with Gasteiger partial charge in [0, 0.05) is 17.5 Å². The minimum absolute atomic E-state index is 0.00603. The Hall–Kier alpha value is -3.93. The largest absolute Gasteiger partial charge is 0.487 e. The van der Waals surface area contributed by atoms with Crippen molar-refractivity contribution in [2.75, 3.05) is 13.1 Å². The molecule has 1 aliphatic heterocycles. The molecule has 6 heteroatoms. The molecule has 0 N–H and O–H groups in total. The summed E-state index contributed by atoms with van der Waals surface area (Å²) in [7, 11) is 0. The number of aromatic nitrogens is 2. The van der Waals surface area contributed by atoms with Crippen LogP contribution in [0.1, 0.15) is 12.0 Å². The summed E-state index contributed by atoms with van der Waals surface area (Å²) in [4.78, 5) is 18.7. The first-order valence-electron chi connectivity index (χ1n) is 10.7. The molecule has 0 aliphatic carbocycles. The molecular weight excluding hydrogens is 402 g/mol. The minimum atomic E-state index is -0.00603. The van der Waals surface area contributed by atoms with Gasteiger partial charge in [-0.2, -0.15) is 4.98 Å². The molecule has 1 saturated heterocycles. The van der Waals surface area contributed by atoms with Crippen LogP contribution in [0.25, 0.3) is 22.8 Å². The van der Waals surface area contributed by atoms with Gasteiger partial charge in [-0.3, -0.25) is 4.79 Å². The average molecular weight is 425 g/mol. The third-order valence-corrected chi connectivity index (χ3v) is 5.51. The van der Waals surface area contributed by atoms with E-state index < -0.39 is 0 Å². The maximum Gasteiger partial charge on any atom is 0.258 e. The number of hydrogen-bond donors (Lipinski definition) is 0. The maximum atomic E-state index is 12.4. The SMILES string of the molecule is O=C(CCc1ccccc1)N1CC(Oc2cccc(-c3nc(-c4ccccc4)no3)c2)C1. The Balaban J connectivity index is 1.15. The van der Waals surface area contributed by atoms with E-state index in [1.807, 2.05) is 77.7 Å². The second-order valence-electron chi connectivity index (χ2n) is 7.84. The van der Waals surface area contributed by atoms with Crippen molar-refractivity contribution >= 4 is 5.91 Å². The van der Waals surface area contributed by atoms with Gasteiger partial charge < -0.3 is 14.2 Å². The van der Waals surface area contributed by atoms with E-state index in [4.69, 9.17) is 9.26 Å². The van der Waals surface area contributed by atoms with E-state index in [9.17, 15) is 4.79 Å². The fraction of sp³-hybridized carbons (Fsp3) is 0.192. The Kier molecular flexibility index (Phi) is 5.66. The molecule has 1 aromatic heterocycles. The predicted octanol–water partition coefficient (Wildman–Crippen LogP) is 4.63. The van der Waals surface area contributed by atoms with Crippen LogP contribution >= 0.6 is 0 Å². The van der Waals surface area contributed by atoms with Crippen LogP contribution in [0.3, 0.4) is 0 Å². The van der Waals surface area contributed by atoms with Gasteiger partial charge in [-0.05, 0) is 30.2 Å². The van der Waals surface area contributed by atoms with Crippen molar-refractivity contribution < 1.29 is 14.1 Å². The molecule has 0 atom stereocenters. The van der Waals surface area contributed by atoms with E-state index in [0.29, 0.717) is 31.2 Å². The van der Waals surface area contributed by atoms with Crippen LogP contribution < -0.4 is 4.74 Å². The van der Waals surface area contributed by atoms with Gasteiger partial charge in [-0.1, -0.05) is 71.9 Å². The van der Waals surface area contributed by atoms with E-state index in [1.54, 1.807) is 0 Å². The molecule has 0 saturated carbocycles. The van der Waals surface area contributed by atoms with Crippen LogP contribution in [0.15, 0.2) is 89.5 Å². The number of aryl methyl sites for hydroxylation is 1. The zero-order valence-corrected chi connectivity index (χ0v) is 17.6. The molecule has 32 heavy (non-hydrogen) atoms. The topological polar surface area (TPSA) is 68.5 Å². The van der Waals surface area contributed by atoms with Crippen LogP contribution in [-0.2, 0) is 11.2 Å². The van der Waals surface area contributed by atoms with Crippen molar-refractivity contribution in [3.05, 3.63) is 90.5 Å². The maximum absolute atomic E-state index is 12.4. The zero-order chi connectivity index (χ0) is 21.8. The summed E-state index contributed by atoms with van der Waals surface area (Å²) in [6.07, 6.45) is 1.28. The third kappa shape index (κ3) is 4.54. The average Bonchev–Trinajstić information content (AvgIpc) is 3.32. The molecule has 0 bridgehead atoms. The van der Waals surface area contributed by atoms with Gasteiger partial charge in [0.05, 0.1) is 13.1 Å². The lowest BCUT2D eigenvalue weighted by Gasteiger charge is -2.39. The van der Waals surface area contributed by atoms with E-state index in [1.165, 1.54) is 5.56 Å². The lowest BCUT2D eigenvalue weighted by Crippen LogP contribution is -2.56. The predicted molar refractivity (Wildman–Crippen MR) is 121 cm³/mol. The Bertz CT molecular complexity index is 1190. The molecule has 1 amide bonds. The Morgan fingerprint density at radius 2 is 1.66 bits per heavy atom. The number of nitrogens with zero attached hydrogens (tertiary/aromatic N) is 3. The molecule has 2 heterocycles. The van der Waals surface area contributed by atoms with Gasteiger partial charge in [0.2, 0.25) is 11.7 Å². The van der Waals surface area contributed by atoms with Crippen LogP contribution in [0.2, 0.25) is 0 Å². The van der Waals surface area contributed by atoms with E-state index in [0.717, 1.165) is 23.3 Å². The van der Waals surface area contributed by atoms with Gasteiger partial charge >= 0.3 is 0 Å². The van der Waals surface area contributed by atoms with Crippen molar-refractivity contribution in [2.24, 2.45) is 0 Å². The highest BCUT2D eigenvalue weighted by Gasteiger charge is 2.32. The molecule has 1 fully saturated rings. The van der Waals surface area contributed by atoms with Gasteiger partial charge in [-0.15, -0.1) is 0 Å². The van der Waals surface area contributed by atoms with E-state index in [2.05, 4.69) is 22.3 Å². The highest BCUT2D eigenvalue weighted by Crippen LogP contribution is 2.27. The molecule has 0 unspecified atom stereocenters. The summed E-state index contributed by atoms with van der Waals surface area (Å²) in [6, 6.07) is 27.4. The first-order chi connectivity index (χ1) is 15.7. The fourth-order valence-corrected chi connectivity index (χ4v) is 3.71. The zero-order valence-electron chi connectivity index (χ0n) is 17.6. The number of rotatable bonds is 7. The number of carbonyl (C=O) groups excluding carboxylic acids is 1. The number of amides is 1. The van der Waals surface area contributed by atoms with Gasteiger partial charge in [0.15, 0.2) is 0 Å². The van der Waals surface area contributed by atoms with Crippen molar-refractivity contribution in [3.8, 4) is 28.6 Å². The number of carbonyl (C=O) groups is 1. The fourth-order valence-electron chi connectivity index (χ4n) is 3.71. The number of likely N-dealkylation sites (tertiary alicyclic amines) is 1. The highest BCUT2D eigenvalue weighted by atomic mass is 16.5. The summed E-state index contributed by atoms with van der Waals surface area (Å²) < 4.78 is 11.5. The number of benzene rings is 3. The first-order valence-corrected chi connectivity index (χ1v) is 10.7. The van der Waals surface area contributed by atoms with Crippen LogP contribution in [0, 0.1) is 0 Å². The normalized spacial score (nSPS) is 13.6.